The molecule has 1 fully saturated rings. The van der Waals surface area contributed by atoms with E-state index in [0.29, 0.717) is 13.1 Å². The number of hydrogen-bond donors (Lipinski definition) is 0. The number of carbonyl (C=O) groups excluding carboxylic acids is 1. The van der Waals surface area contributed by atoms with Crippen molar-refractivity contribution in [1.29, 1.82) is 0 Å². The molecule has 1 aliphatic rings. The molecule has 6 nitrogen and oxygen atoms in total. The summed E-state index contributed by atoms with van der Waals surface area (Å²) in [4.78, 5) is 16.8. The number of halogens is 2. The topological polar surface area (TPSA) is 60.9 Å². The Morgan fingerprint density at radius 1 is 1.00 bits per heavy atom. The van der Waals surface area contributed by atoms with Gasteiger partial charge in [0.15, 0.2) is 0 Å². The fourth-order valence-electron chi connectivity index (χ4n) is 2.98. The molecule has 150 valence electrons. The summed E-state index contributed by atoms with van der Waals surface area (Å²) in [6.07, 6.45) is 0. The van der Waals surface area contributed by atoms with E-state index in [-0.39, 0.29) is 33.1 Å². The fraction of sp³-hybridized carbons (Fsp3) is 0.316. The van der Waals surface area contributed by atoms with Crippen molar-refractivity contribution in [2.45, 2.75) is 4.90 Å². The molecule has 1 heterocycles. The first kappa shape index (κ1) is 20.9. The Morgan fingerprint density at radius 2 is 1.64 bits per heavy atom. The molecule has 9 heteroatoms. The third kappa shape index (κ3) is 4.43. The summed E-state index contributed by atoms with van der Waals surface area (Å²) in [5.41, 5.74) is 0.181. The molecule has 0 unspecified atom stereocenters. The van der Waals surface area contributed by atoms with Gasteiger partial charge in [-0.05, 0) is 31.3 Å². The summed E-state index contributed by atoms with van der Waals surface area (Å²) < 4.78 is 27.7. The Hall–Kier alpha value is -1.80. The lowest BCUT2D eigenvalue weighted by Crippen LogP contribution is -2.50. The highest BCUT2D eigenvalue weighted by molar-refractivity contribution is 7.92. The zero-order chi connectivity index (χ0) is 20.3. The Balaban J connectivity index is 1.98. The molecular formula is C19H21Cl2N3O3S. The molecule has 0 aromatic heterocycles. The quantitative estimate of drug-likeness (QED) is 0.715. The summed E-state index contributed by atoms with van der Waals surface area (Å²) in [6, 6.07) is 12.7. The van der Waals surface area contributed by atoms with Crippen LogP contribution in [0.2, 0.25) is 10.0 Å². The number of amides is 1. The van der Waals surface area contributed by atoms with E-state index >= 15 is 0 Å². The van der Waals surface area contributed by atoms with Crippen LogP contribution in [0.1, 0.15) is 0 Å². The molecule has 0 saturated carbocycles. The smallest absolute Gasteiger partial charge is 0.264 e. The first-order valence-electron chi connectivity index (χ1n) is 8.79. The standard InChI is InChI=1S/C19H21Cl2N3O3S/c1-22-10-12-23(13-11-22)18(25)14-24(17-9-5-8-16(20)19(17)21)28(26,27)15-6-3-2-4-7-15/h2-9H,10-14H2,1H3. The molecular weight excluding hydrogens is 421 g/mol. The van der Waals surface area contributed by atoms with Crippen molar-refractivity contribution in [3.05, 3.63) is 58.6 Å². The normalized spacial score (nSPS) is 15.5. The third-order valence-electron chi connectivity index (χ3n) is 4.67. The van der Waals surface area contributed by atoms with Gasteiger partial charge in [-0.2, -0.15) is 0 Å². The van der Waals surface area contributed by atoms with Crippen LogP contribution in [0.15, 0.2) is 53.4 Å². The van der Waals surface area contributed by atoms with Crippen molar-refractivity contribution in [3.8, 4) is 0 Å². The molecule has 3 rings (SSSR count). The highest BCUT2D eigenvalue weighted by Gasteiger charge is 2.31. The van der Waals surface area contributed by atoms with Gasteiger partial charge in [-0.3, -0.25) is 9.10 Å². The lowest BCUT2D eigenvalue weighted by molar-refractivity contribution is -0.131. The van der Waals surface area contributed by atoms with E-state index in [4.69, 9.17) is 23.2 Å². The number of nitrogens with zero attached hydrogens (tertiary/aromatic N) is 3. The van der Waals surface area contributed by atoms with Gasteiger partial charge in [0.05, 0.1) is 20.6 Å². The monoisotopic (exact) mass is 441 g/mol. The van der Waals surface area contributed by atoms with Crippen molar-refractivity contribution in [2.75, 3.05) is 44.1 Å². The van der Waals surface area contributed by atoms with E-state index in [2.05, 4.69) is 4.90 Å². The molecule has 2 aromatic rings. The zero-order valence-corrected chi connectivity index (χ0v) is 17.7. The molecule has 28 heavy (non-hydrogen) atoms. The minimum Gasteiger partial charge on any atom is -0.339 e. The zero-order valence-electron chi connectivity index (χ0n) is 15.4. The Labute approximate surface area is 175 Å². The van der Waals surface area contributed by atoms with Crippen molar-refractivity contribution in [2.24, 2.45) is 0 Å². The summed E-state index contributed by atoms with van der Waals surface area (Å²) in [7, 11) is -2.02. The first-order chi connectivity index (χ1) is 13.3. The van der Waals surface area contributed by atoms with Crippen LogP contribution in [-0.2, 0) is 14.8 Å². The van der Waals surface area contributed by atoms with Crippen LogP contribution < -0.4 is 4.31 Å². The minimum atomic E-state index is -4.01. The second kappa shape index (κ2) is 8.69. The Morgan fingerprint density at radius 3 is 2.29 bits per heavy atom. The van der Waals surface area contributed by atoms with Gasteiger partial charge < -0.3 is 9.80 Å². The van der Waals surface area contributed by atoms with Gasteiger partial charge in [-0.15, -0.1) is 0 Å². The van der Waals surface area contributed by atoms with Crippen molar-refractivity contribution < 1.29 is 13.2 Å². The van der Waals surface area contributed by atoms with E-state index in [1.54, 1.807) is 41.3 Å². The summed E-state index contributed by atoms with van der Waals surface area (Å²) >= 11 is 12.4. The second-order valence-corrected chi connectivity index (χ2v) is 9.23. The van der Waals surface area contributed by atoms with Crippen LogP contribution in [0.4, 0.5) is 5.69 Å². The molecule has 1 saturated heterocycles. The maximum atomic E-state index is 13.3. The molecule has 0 radical (unpaired) electrons. The van der Waals surface area contributed by atoms with Gasteiger partial charge in [-0.1, -0.05) is 47.5 Å². The van der Waals surface area contributed by atoms with Gasteiger partial charge in [0.2, 0.25) is 5.91 Å². The number of anilines is 1. The molecule has 0 spiro atoms. The van der Waals surface area contributed by atoms with Crippen LogP contribution in [0.5, 0.6) is 0 Å². The summed E-state index contributed by atoms with van der Waals surface area (Å²) in [6.45, 7) is 2.25. The number of benzene rings is 2. The van der Waals surface area contributed by atoms with Gasteiger partial charge in [0, 0.05) is 26.2 Å². The predicted octanol–water partition coefficient (Wildman–Crippen LogP) is 2.96. The molecule has 0 bridgehead atoms. The number of likely N-dealkylation sites (N-methyl/N-ethyl adjacent to an activating group) is 1. The maximum Gasteiger partial charge on any atom is 0.264 e. The van der Waals surface area contributed by atoms with Crippen LogP contribution in [-0.4, -0.2) is 63.9 Å². The second-order valence-electron chi connectivity index (χ2n) is 6.58. The largest absolute Gasteiger partial charge is 0.339 e. The average molecular weight is 442 g/mol. The van der Waals surface area contributed by atoms with Crippen molar-refractivity contribution in [1.82, 2.24) is 9.80 Å². The first-order valence-corrected chi connectivity index (χ1v) is 11.0. The number of carbonyl (C=O) groups is 1. The number of sulfonamides is 1. The third-order valence-corrected chi connectivity index (χ3v) is 7.25. The van der Waals surface area contributed by atoms with E-state index in [1.807, 2.05) is 7.05 Å². The average Bonchev–Trinajstić information content (AvgIpc) is 2.69. The van der Waals surface area contributed by atoms with Crippen LogP contribution in [0.25, 0.3) is 0 Å². The predicted molar refractivity (Wildman–Crippen MR) is 112 cm³/mol. The highest BCUT2D eigenvalue weighted by atomic mass is 35.5. The van der Waals surface area contributed by atoms with E-state index in [9.17, 15) is 13.2 Å². The molecule has 0 aliphatic carbocycles. The SMILES string of the molecule is CN1CCN(C(=O)CN(c2cccc(Cl)c2Cl)S(=O)(=O)c2ccccc2)CC1. The summed E-state index contributed by atoms with van der Waals surface area (Å²) in [5, 5.41) is 0.314. The lowest BCUT2D eigenvalue weighted by Gasteiger charge is -2.34. The minimum absolute atomic E-state index is 0.0808. The van der Waals surface area contributed by atoms with Crippen LogP contribution in [0, 0.1) is 0 Å². The molecule has 1 aliphatic heterocycles. The summed E-state index contributed by atoms with van der Waals surface area (Å²) in [5.74, 6) is -0.274. The molecule has 1 amide bonds. The van der Waals surface area contributed by atoms with Crippen LogP contribution in [0.3, 0.4) is 0 Å². The molecule has 0 atom stereocenters. The van der Waals surface area contributed by atoms with Crippen molar-refractivity contribution >= 4 is 44.8 Å². The van der Waals surface area contributed by atoms with Gasteiger partial charge in [-0.25, -0.2) is 8.42 Å². The number of hydrogen-bond acceptors (Lipinski definition) is 4. The van der Waals surface area contributed by atoms with E-state index in [0.717, 1.165) is 17.4 Å². The Kier molecular flexibility index (Phi) is 6.50. The number of rotatable bonds is 5. The molecule has 2 aromatic carbocycles. The van der Waals surface area contributed by atoms with Gasteiger partial charge >= 0.3 is 0 Å². The highest BCUT2D eigenvalue weighted by Crippen LogP contribution is 2.35. The number of piperazine rings is 1. The fourth-order valence-corrected chi connectivity index (χ4v) is 4.88. The van der Waals surface area contributed by atoms with E-state index in [1.165, 1.54) is 12.1 Å². The van der Waals surface area contributed by atoms with Crippen molar-refractivity contribution in [3.63, 3.8) is 0 Å². The van der Waals surface area contributed by atoms with Gasteiger partial charge in [0.1, 0.15) is 6.54 Å². The van der Waals surface area contributed by atoms with E-state index < -0.39 is 10.0 Å². The Bertz CT molecular complexity index is 946. The van der Waals surface area contributed by atoms with Crippen LogP contribution >= 0.6 is 23.2 Å². The maximum absolute atomic E-state index is 13.3. The lowest BCUT2D eigenvalue weighted by atomic mass is 10.3. The van der Waals surface area contributed by atoms with Gasteiger partial charge in [0.25, 0.3) is 10.0 Å². The molecule has 0 N–H and O–H groups in total.